The van der Waals surface area contributed by atoms with E-state index in [2.05, 4.69) is 19.1 Å². The third kappa shape index (κ3) is 7.37. The minimum atomic E-state index is -0.250. The molecule has 4 rings (SSSR count). The first kappa shape index (κ1) is 25.4. The summed E-state index contributed by atoms with van der Waals surface area (Å²) in [7, 11) is 0. The van der Waals surface area contributed by atoms with Crippen LogP contribution in [0.2, 0.25) is 0 Å². The number of likely N-dealkylation sites (tertiary alicyclic amines) is 1. The van der Waals surface area contributed by atoms with E-state index in [-0.39, 0.29) is 24.2 Å². The van der Waals surface area contributed by atoms with Crippen molar-refractivity contribution in [3.05, 3.63) is 40.7 Å². The SMILES string of the molecule is CC1CC(C#N)CN1C=O.Cc1cc(C2CC2)c(OCC2=CCC(C)C2)cc1F.O=CO. The summed E-state index contributed by atoms with van der Waals surface area (Å²) < 4.78 is 19.6. The van der Waals surface area contributed by atoms with E-state index in [1.54, 1.807) is 11.0 Å². The fraction of sp³-hybridized carbons (Fsp3) is 0.560. The normalized spacial score (nSPS) is 23.7. The summed E-state index contributed by atoms with van der Waals surface area (Å²) in [5, 5.41) is 15.4. The van der Waals surface area contributed by atoms with Crippen LogP contribution in [0.4, 0.5) is 4.39 Å². The molecular formula is C25H33FN2O4. The van der Waals surface area contributed by atoms with Crippen molar-refractivity contribution in [3.8, 4) is 11.8 Å². The van der Waals surface area contributed by atoms with Gasteiger partial charge in [0.2, 0.25) is 6.41 Å². The lowest BCUT2D eigenvalue weighted by atomic mass is 10.1. The van der Waals surface area contributed by atoms with Crippen LogP contribution in [0.25, 0.3) is 0 Å². The number of carbonyl (C=O) groups is 2. The Kier molecular flexibility index (Phi) is 9.70. The van der Waals surface area contributed by atoms with Crippen LogP contribution < -0.4 is 4.74 Å². The second kappa shape index (κ2) is 12.2. The van der Waals surface area contributed by atoms with Gasteiger partial charge in [-0.3, -0.25) is 9.59 Å². The summed E-state index contributed by atoms with van der Waals surface area (Å²) in [6.45, 7) is 7.02. The molecule has 2 aliphatic carbocycles. The predicted molar refractivity (Wildman–Crippen MR) is 120 cm³/mol. The zero-order chi connectivity index (χ0) is 23.7. The van der Waals surface area contributed by atoms with E-state index in [1.165, 1.54) is 24.0 Å². The summed E-state index contributed by atoms with van der Waals surface area (Å²) in [5.74, 6) is 1.97. The van der Waals surface area contributed by atoms with E-state index in [0.29, 0.717) is 19.1 Å². The summed E-state index contributed by atoms with van der Waals surface area (Å²) in [6, 6.07) is 5.95. The average Bonchev–Trinajstić information content (AvgIpc) is 3.42. The Hall–Kier alpha value is -2.88. The quantitative estimate of drug-likeness (QED) is 0.519. The van der Waals surface area contributed by atoms with Crippen molar-refractivity contribution in [1.82, 2.24) is 4.90 Å². The lowest BCUT2D eigenvalue weighted by Crippen LogP contribution is -2.24. The third-order valence-electron chi connectivity index (χ3n) is 6.08. The van der Waals surface area contributed by atoms with Crippen molar-refractivity contribution in [2.24, 2.45) is 11.8 Å². The van der Waals surface area contributed by atoms with Gasteiger partial charge >= 0.3 is 0 Å². The van der Waals surface area contributed by atoms with E-state index in [0.717, 1.165) is 42.9 Å². The van der Waals surface area contributed by atoms with Crippen LogP contribution in [0.3, 0.4) is 0 Å². The molecule has 1 aliphatic heterocycles. The molecule has 1 aromatic rings. The van der Waals surface area contributed by atoms with Crippen molar-refractivity contribution in [1.29, 1.82) is 5.26 Å². The van der Waals surface area contributed by atoms with Crippen LogP contribution >= 0.6 is 0 Å². The first-order valence-electron chi connectivity index (χ1n) is 11.1. The second-order valence-corrected chi connectivity index (χ2v) is 8.93. The Morgan fingerprint density at radius 3 is 2.47 bits per heavy atom. The number of allylic oxidation sites excluding steroid dienone is 1. The molecule has 0 spiro atoms. The number of halogens is 1. The second-order valence-electron chi connectivity index (χ2n) is 8.93. The first-order valence-corrected chi connectivity index (χ1v) is 11.1. The summed E-state index contributed by atoms with van der Waals surface area (Å²) in [4.78, 5) is 20.3. The number of rotatable bonds is 5. The molecule has 174 valence electrons. The van der Waals surface area contributed by atoms with Gasteiger partial charge in [-0.2, -0.15) is 5.26 Å². The molecule has 0 bridgehead atoms. The first-order chi connectivity index (χ1) is 15.3. The average molecular weight is 445 g/mol. The zero-order valence-electron chi connectivity index (χ0n) is 19.1. The van der Waals surface area contributed by atoms with Crippen LogP contribution in [0.1, 0.15) is 63.0 Å². The number of nitrogens with zero attached hydrogens (tertiary/aromatic N) is 2. The highest BCUT2D eigenvalue weighted by atomic mass is 19.1. The Labute approximate surface area is 189 Å². The van der Waals surface area contributed by atoms with E-state index < -0.39 is 0 Å². The van der Waals surface area contributed by atoms with Gasteiger partial charge in [-0.1, -0.05) is 13.0 Å². The highest BCUT2D eigenvalue weighted by Gasteiger charge is 2.28. The molecule has 7 heteroatoms. The number of aryl methyl sites for hydroxylation is 1. The van der Waals surface area contributed by atoms with Gasteiger partial charge in [-0.05, 0) is 80.6 Å². The Morgan fingerprint density at radius 1 is 1.31 bits per heavy atom. The smallest absolute Gasteiger partial charge is 0.290 e. The van der Waals surface area contributed by atoms with Gasteiger partial charge in [0.25, 0.3) is 6.47 Å². The number of amides is 1. The summed E-state index contributed by atoms with van der Waals surface area (Å²) in [6.07, 6.45) is 8.61. The molecule has 1 heterocycles. The molecule has 2 fully saturated rings. The van der Waals surface area contributed by atoms with E-state index >= 15 is 0 Å². The molecule has 1 saturated heterocycles. The summed E-state index contributed by atoms with van der Waals surface area (Å²) >= 11 is 0. The zero-order valence-corrected chi connectivity index (χ0v) is 19.1. The topological polar surface area (TPSA) is 90.6 Å². The summed E-state index contributed by atoms with van der Waals surface area (Å²) in [5.41, 5.74) is 3.28. The maximum Gasteiger partial charge on any atom is 0.290 e. The maximum atomic E-state index is 13.7. The molecule has 3 atom stereocenters. The fourth-order valence-corrected chi connectivity index (χ4v) is 4.09. The minimum Gasteiger partial charge on any atom is -0.489 e. The van der Waals surface area contributed by atoms with Gasteiger partial charge in [0, 0.05) is 18.7 Å². The molecular weight excluding hydrogens is 411 g/mol. The Bertz CT molecular complexity index is 860. The predicted octanol–water partition coefficient (Wildman–Crippen LogP) is 4.82. The number of hydrogen-bond donors (Lipinski definition) is 1. The van der Waals surface area contributed by atoms with Gasteiger partial charge in [0.05, 0.1) is 12.0 Å². The number of carbonyl (C=O) groups excluding carboxylic acids is 1. The van der Waals surface area contributed by atoms with Crippen LogP contribution in [-0.4, -0.2) is 42.1 Å². The van der Waals surface area contributed by atoms with Gasteiger partial charge in [-0.15, -0.1) is 0 Å². The minimum absolute atomic E-state index is 0.0557. The molecule has 3 unspecified atom stereocenters. The van der Waals surface area contributed by atoms with E-state index in [1.807, 2.05) is 19.9 Å². The number of carboxylic acid groups (broad SMARTS) is 1. The van der Waals surface area contributed by atoms with Gasteiger partial charge in [-0.25, -0.2) is 4.39 Å². The van der Waals surface area contributed by atoms with Crippen molar-refractivity contribution in [3.63, 3.8) is 0 Å². The fourth-order valence-electron chi connectivity index (χ4n) is 4.09. The number of nitriles is 1. The number of benzene rings is 1. The highest BCUT2D eigenvalue weighted by molar-refractivity contribution is 5.48. The van der Waals surface area contributed by atoms with Crippen LogP contribution in [0, 0.1) is 35.9 Å². The molecule has 32 heavy (non-hydrogen) atoms. The molecule has 3 aliphatic rings. The largest absolute Gasteiger partial charge is 0.489 e. The third-order valence-corrected chi connectivity index (χ3v) is 6.08. The standard InChI is InChI=1S/C17H21FO.C7H10N2O.CH2O2/c1-11-3-4-13(7-11)10-19-17-9-16(18)12(2)8-15(17)14-5-6-14;1-6-2-7(3-8)4-9(6)5-10;2-1-3/h4,8-9,11,14H,3,5-7,10H2,1-2H3;5-7H,2,4H2,1H3;1H,(H,2,3). The molecule has 1 saturated carbocycles. The van der Waals surface area contributed by atoms with Crippen molar-refractivity contribution < 1.29 is 23.8 Å². The Balaban J connectivity index is 0.000000235. The molecule has 1 N–H and O–H groups in total. The number of ether oxygens (including phenoxy) is 1. The Morgan fingerprint density at radius 2 is 2.00 bits per heavy atom. The van der Waals surface area contributed by atoms with Crippen molar-refractivity contribution in [2.45, 2.75) is 64.8 Å². The van der Waals surface area contributed by atoms with Gasteiger partial charge in [0.15, 0.2) is 0 Å². The van der Waals surface area contributed by atoms with Crippen molar-refractivity contribution >= 4 is 12.9 Å². The lowest BCUT2D eigenvalue weighted by molar-refractivity contribution is -0.123. The molecule has 1 amide bonds. The van der Waals surface area contributed by atoms with Gasteiger partial charge in [0.1, 0.15) is 18.2 Å². The monoisotopic (exact) mass is 444 g/mol. The molecule has 0 radical (unpaired) electrons. The maximum absolute atomic E-state index is 13.7. The van der Waals surface area contributed by atoms with Crippen LogP contribution in [-0.2, 0) is 9.59 Å². The molecule has 1 aromatic carbocycles. The molecule has 6 nitrogen and oxygen atoms in total. The highest BCUT2D eigenvalue weighted by Crippen LogP contribution is 2.45. The van der Waals surface area contributed by atoms with Crippen molar-refractivity contribution in [2.75, 3.05) is 13.2 Å². The van der Waals surface area contributed by atoms with Crippen LogP contribution in [0.5, 0.6) is 5.75 Å². The molecule has 0 aromatic heterocycles. The number of hydrogen-bond acceptors (Lipinski definition) is 4. The lowest BCUT2D eigenvalue weighted by Gasteiger charge is -2.13. The van der Waals surface area contributed by atoms with E-state index in [9.17, 15) is 9.18 Å². The van der Waals surface area contributed by atoms with Gasteiger partial charge < -0.3 is 14.7 Å². The van der Waals surface area contributed by atoms with Crippen LogP contribution in [0.15, 0.2) is 23.8 Å². The van der Waals surface area contributed by atoms with E-state index in [4.69, 9.17) is 19.9 Å².